The first-order valence-electron chi connectivity index (χ1n) is 6.80. The Labute approximate surface area is 128 Å². The Bertz CT molecular complexity index is 721. The predicted molar refractivity (Wildman–Crippen MR) is 83.7 cm³/mol. The summed E-state index contributed by atoms with van der Waals surface area (Å²) >= 11 is 6.01. The van der Waals surface area contributed by atoms with E-state index in [1.165, 1.54) is 0 Å². The monoisotopic (exact) mass is 301 g/mol. The lowest BCUT2D eigenvalue weighted by molar-refractivity contribution is 0.299. The van der Waals surface area contributed by atoms with Crippen LogP contribution >= 0.6 is 11.6 Å². The molecule has 3 rings (SSSR count). The number of fused-ring (bicyclic) bond motifs is 1. The molecule has 0 bridgehead atoms. The van der Waals surface area contributed by atoms with Crippen LogP contribution in [0.3, 0.4) is 0 Å². The average Bonchev–Trinajstić information content (AvgIpc) is 2.89. The first-order valence-corrected chi connectivity index (χ1v) is 7.18. The fraction of sp³-hybridized carbons (Fsp3) is 0.188. The maximum atomic E-state index is 6.01. The third kappa shape index (κ3) is 3.17. The summed E-state index contributed by atoms with van der Waals surface area (Å²) < 4.78 is 7.84. The van der Waals surface area contributed by atoms with Crippen LogP contribution in [-0.2, 0) is 13.0 Å². The lowest BCUT2D eigenvalue weighted by Crippen LogP contribution is -2.05. The lowest BCUT2D eigenvalue weighted by atomic mass is 10.1. The molecule has 21 heavy (non-hydrogen) atoms. The first kappa shape index (κ1) is 13.9. The van der Waals surface area contributed by atoms with Crippen LogP contribution in [0.5, 0.6) is 5.75 Å². The molecule has 108 valence electrons. The van der Waals surface area contributed by atoms with Gasteiger partial charge in [-0.15, -0.1) is 0 Å². The normalized spacial score (nSPS) is 11.0. The number of ether oxygens (including phenoxy) is 1. The van der Waals surface area contributed by atoms with Crippen molar-refractivity contribution in [2.24, 2.45) is 5.73 Å². The largest absolute Gasteiger partial charge is 0.487 e. The van der Waals surface area contributed by atoms with E-state index in [2.05, 4.69) is 4.98 Å². The van der Waals surface area contributed by atoms with Gasteiger partial charge >= 0.3 is 0 Å². The van der Waals surface area contributed by atoms with Crippen molar-refractivity contribution >= 4 is 17.2 Å². The van der Waals surface area contributed by atoms with E-state index in [-0.39, 0.29) is 0 Å². The van der Waals surface area contributed by atoms with Crippen LogP contribution in [0.1, 0.15) is 11.3 Å². The molecule has 0 radical (unpaired) electrons. The van der Waals surface area contributed by atoms with Gasteiger partial charge in [-0.25, -0.2) is 4.98 Å². The third-order valence-electron chi connectivity index (χ3n) is 3.23. The van der Waals surface area contributed by atoms with Crippen molar-refractivity contribution < 1.29 is 4.74 Å². The Hall–Kier alpha value is -2.04. The third-order valence-corrected chi connectivity index (χ3v) is 3.46. The van der Waals surface area contributed by atoms with E-state index >= 15 is 0 Å². The van der Waals surface area contributed by atoms with E-state index in [0.717, 1.165) is 29.1 Å². The van der Waals surface area contributed by atoms with Crippen molar-refractivity contribution in [2.45, 2.75) is 13.0 Å². The molecule has 0 aliphatic rings. The van der Waals surface area contributed by atoms with Gasteiger partial charge in [0.2, 0.25) is 0 Å². The number of aromatic nitrogens is 2. The Balaban J connectivity index is 1.77. The summed E-state index contributed by atoms with van der Waals surface area (Å²) in [6, 6.07) is 11.5. The van der Waals surface area contributed by atoms with Gasteiger partial charge in [0.25, 0.3) is 0 Å². The number of pyridine rings is 1. The molecule has 0 fully saturated rings. The Kier molecular flexibility index (Phi) is 4.08. The zero-order valence-electron chi connectivity index (χ0n) is 11.5. The summed E-state index contributed by atoms with van der Waals surface area (Å²) in [5, 5.41) is 0.693. The minimum atomic E-state index is 0.418. The average molecular weight is 302 g/mol. The quantitative estimate of drug-likeness (QED) is 0.788. The lowest BCUT2D eigenvalue weighted by Gasteiger charge is -2.10. The molecular weight excluding hydrogens is 286 g/mol. The molecular formula is C16H16ClN3O. The molecule has 4 nitrogen and oxygen atoms in total. The summed E-state index contributed by atoms with van der Waals surface area (Å²) in [6.45, 7) is 0.978. The highest BCUT2D eigenvalue weighted by atomic mass is 35.5. The van der Waals surface area contributed by atoms with Crippen molar-refractivity contribution in [1.29, 1.82) is 0 Å². The second kappa shape index (κ2) is 6.16. The Morgan fingerprint density at radius 3 is 2.95 bits per heavy atom. The van der Waals surface area contributed by atoms with Gasteiger partial charge in [-0.05, 0) is 48.9 Å². The molecule has 0 aliphatic carbocycles. The molecule has 3 aromatic rings. The predicted octanol–water partition coefficient (Wildman–Crippen LogP) is 3.07. The van der Waals surface area contributed by atoms with Crippen LogP contribution in [-0.4, -0.2) is 15.9 Å². The number of benzene rings is 1. The van der Waals surface area contributed by atoms with Gasteiger partial charge < -0.3 is 14.9 Å². The maximum absolute atomic E-state index is 6.01. The molecule has 2 N–H and O–H groups in total. The number of hydrogen-bond acceptors (Lipinski definition) is 3. The first-order chi connectivity index (χ1) is 10.3. The van der Waals surface area contributed by atoms with Crippen LogP contribution in [0.25, 0.3) is 5.65 Å². The van der Waals surface area contributed by atoms with Crippen LogP contribution in [0.15, 0.2) is 48.8 Å². The van der Waals surface area contributed by atoms with Crippen molar-refractivity contribution in [3.8, 4) is 5.75 Å². The Morgan fingerprint density at radius 1 is 1.24 bits per heavy atom. The number of hydrogen-bond donors (Lipinski definition) is 1. The number of imidazole rings is 1. The summed E-state index contributed by atoms with van der Waals surface area (Å²) in [7, 11) is 0. The number of rotatable bonds is 5. The van der Waals surface area contributed by atoms with Gasteiger partial charge in [-0.1, -0.05) is 17.7 Å². The molecule has 5 heteroatoms. The molecule has 0 atom stereocenters. The summed E-state index contributed by atoms with van der Waals surface area (Å²) in [4.78, 5) is 4.51. The zero-order valence-corrected chi connectivity index (χ0v) is 12.3. The molecule has 1 aromatic carbocycles. The minimum absolute atomic E-state index is 0.418. The van der Waals surface area contributed by atoms with Gasteiger partial charge in [0.1, 0.15) is 18.0 Å². The molecule has 0 saturated carbocycles. The molecule has 2 aromatic heterocycles. The SMILES string of the molecule is NCCc1cc(Cl)ccc1OCc1cn2ccccc2n1. The van der Waals surface area contributed by atoms with E-state index in [0.29, 0.717) is 18.2 Å². The van der Waals surface area contributed by atoms with Crippen molar-refractivity contribution in [2.75, 3.05) is 6.54 Å². The molecule has 0 saturated heterocycles. The smallest absolute Gasteiger partial charge is 0.137 e. The van der Waals surface area contributed by atoms with Crippen molar-refractivity contribution in [3.63, 3.8) is 0 Å². The van der Waals surface area contributed by atoms with Gasteiger partial charge in [-0.2, -0.15) is 0 Å². The molecule has 0 amide bonds. The zero-order chi connectivity index (χ0) is 14.7. The number of nitrogens with zero attached hydrogens (tertiary/aromatic N) is 2. The number of halogens is 1. The summed E-state index contributed by atoms with van der Waals surface area (Å²) in [5.74, 6) is 0.807. The molecule has 0 unspecified atom stereocenters. The van der Waals surface area contributed by atoms with E-state index in [1.807, 2.05) is 53.2 Å². The highest BCUT2D eigenvalue weighted by molar-refractivity contribution is 6.30. The second-order valence-corrected chi connectivity index (χ2v) is 5.21. The Morgan fingerprint density at radius 2 is 2.14 bits per heavy atom. The molecule has 0 spiro atoms. The van der Waals surface area contributed by atoms with Crippen molar-refractivity contribution in [3.05, 3.63) is 65.1 Å². The van der Waals surface area contributed by atoms with Crippen LogP contribution in [0.2, 0.25) is 5.02 Å². The van der Waals surface area contributed by atoms with Gasteiger partial charge in [0.15, 0.2) is 0 Å². The highest BCUT2D eigenvalue weighted by Crippen LogP contribution is 2.24. The summed E-state index contributed by atoms with van der Waals surface area (Å²) in [5.41, 5.74) is 8.44. The summed E-state index contributed by atoms with van der Waals surface area (Å²) in [6.07, 6.45) is 4.67. The number of nitrogens with two attached hydrogens (primary N) is 1. The second-order valence-electron chi connectivity index (χ2n) is 4.78. The van der Waals surface area contributed by atoms with Gasteiger partial charge in [0.05, 0.1) is 5.69 Å². The van der Waals surface area contributed by atoms with E-state index in [1.54, 1.807) is 0 Å². The van der Waals surface area contributed by atoms with Crippen LogP contribution < -0.4 is 10.5 Å². The standard InChI is InChI=1S/C16H16ClN3O/c17-13-4-5-15(12(9-13)6-7-18)21-11-14-10-20-8-2-1-3-16(20)19-14/h1-5,8-10H,6-7,11,18H2. The van der Waals surface area contributed by atoms with Crippen molar-refractivity contribution in [1.82, 2.24) is 9.38 Å². The van der Waals surface area contributed by atoms with Crippen LogP contribution in [0.4, 0.5) is 0 Å². The fourth-order valence-corrected chi connectivity index (χ4v) is 2.44. The van der Waals surface area contributed by atoms with E-state index < -0.39 is 0 Å². The topological polar surface area (TPSA) is 52.5 Å². The minimum Gasteiger partial charge on any atom is -0.487 e. The van der Waals surface area contributed by atoms with E-state index in [9.17, 15) is 0 Å². The molecule has 2 heterocycles. The van der Waals surface area contributed by atoms with Gasteiger partial charge in [0, 0.05) is 17.4 Å². The maximum Gasteiger partial charge on any atom is 0.137 e. The van der Waals surface area contributed by atoms with Gasteiger partial charge in [-0.3, -0.25) is 0 Å². The highest BCUT2D eigenvalue weighted by Gasteiger charge is 2.06. The van der Waals surface area contributed by atoms with E-state index in [4.69, 9.17) is 22.1 Å². The van der Waals surface area contributed by atoms with Crippen LogP contribution in [0, 0.1) is 0 Å². The fourth-order valence-electron chi connectivity index (χ4n) is 2.25. The molecule has 0 aliphatic heterocycles.